The number of nitrogens with two attached hydrogens (primary N) is 1. The number of fused-ring (bicyclic) bond motifs is 2. The molecular weight excluding hydrogens is 388 g/mol. The number of anilines is 1. The van der Waals surface area contributed by atoms with E-state index in [4.69, 9.17) is 15.0 Å². The van der Waals surface area contributed by atoms with Crippen molar-refractivity contribution >= 4 is 72.4 Å². The Kier molecular flexibility index (Phi) is 6.25. The van der Waals surface area contributed by atoms with E-state index in [1.807, 2.05) is 0 Å². The Hall–Kier alpha value is 0.0697. The number of phosphoric ester groups is 1. The van der Waals surface area contributed by atoms with Crippen LogP contribution in [0.1, 0.15) is 9.08 Å². The number of ether oxygens (including phenoxy) is 1. The second-order valence-electron chi connectivity index (χ2n) is 4.97. The predicted octanol–water partition coefficient (Wildman–Crippen LogP) is -0.915. The summed E-state index contributed by atoms with van der Waals surface area (Å²) in [5.41, 5.74) is 6.46. The van der Waals surface area contributed by atoms with Crippen LogP contribution in [-0.2, 0) is 18.3 Å². The third-order valence-electron chi connectivity index (χ3n) is 3.63. The summed E-state index contributed by atoms with van der Waals surface area (Å²) in [6.07, 6.45) is -1.07. The second kappa shape index (κ2) is 7.36. The number of aliphatic hydroxyl groups excluding tert-OH is 1. The number of nitrogen functional groups attached to an aromatic ring is 1. The molecule has 24 heavy (non-hydrogen) atoms. The van der Waals surface area contributed by atoms with Crippen molar-refractivity contribution in [3.63, 3.8) is 0 Å². The summed E-state index contributed by atoms with van der Waals surface area (Å²) in [5, 5.41) is 10.4. The summed E-state index contributed by atoms with van der Waals surface area (Å²) in [4.78, 5) is 21.3. The molecule has 14 heteroatoms. The maximum atomic E-state index is 11.5. The summed E-state index contributed by atoms with van der Waals surface area (Å²) in [7, 11) is -4.16. The van der Waals surface area contributed by atoms with E-state index in [0.29, 0.717) is 11.2 Å². The van der Waals surface area contributed by atoms with E-state index in [-0.39, 0.29) is 62.9 Å². The molecule has 4 N–H and O–H groups in total. The molecule has 0 amide bonds. The first kappa shape index (κ1) is 20.4. The Morgan fingerprint density at radius 3 is 2.92 bits per heavy atom. The molecule has 0 bridgehead atoms. The van der Waals surface area contributed by atoms with Gasteiger partial charge in [-0.25, -0.2) is 19.5 Å². The molecule has 11 nitrogen and oxygen atoms in total. The molecule has 0 radical (unpaired) electrons. The van der Waals surface area contributed by atoms with Crippen LogP contribution in [0.4, 0.5) is 5.82 Å². The van der Waals surface area contributed by atoms with Gasteiger partial charge in [-0.1, -0.05) is 0 Å². The van der Waals surface area contributed by atoms with Crippen LogP contribution in [0.2, 0.25) is 0 Å². The fraction of sp³-hybridized carbons (Fsp3) is 0.500. The Bertz CT molecular complexity index is 802. The first-order chi connectivity index (χ1) is 10.5. The number of imidazole rings is 1. The van der Waals surface area contributed by atoms with Gasteiger partial charge >= 0.3 is 45.6 Å². The van der Waals surface area contributed by atoms with Crippen molar-refractivity contribution in [2.75, 3.05) is 12.3 Å². The van der Waals surface area contributed by atoms with Crippen molar-refractivity contribution in [3.05, 3.63) is 12.7 Å². The number of phosphoric acid groups is 1. The van der Waals surface area contributed by atoms with Crippen LogP contribution < -0.4 is 5.73 Å². The van der Waals surface area contributed by atoms with Crippen molar-refractivity contribution in [2.24, 2.45) is 0 Å². The molecule has 2 saturated heterocycles. The monoisotopic (exact) mass is 405 g/mol. The van der Waals surface area contributed by atoms with E-state index in [0.717, 1.165) is 0 Å². The number of aromatic nitrogens is 4. The smallest absolute Gasteiger partial charge is 1.00 e. The van der Waals surface area contributed by atoms with Gasteiger partial charge in [0.15, 0.2) is 17.7 Å². The zero-order chi connectivity index (χ0) is 15.5. The zero-order valence-electron chi connectivity index (χ0n) is 14.4. The standard InChI is InChI=1S/C10H12N5O6P.Ca.H3P.2H/c11-8-5-9(13-2-12-8)15(3-14-5)10-6(16)7-4(20-10)1-19-22(17,18)21-7;;;;/h2-4,6-7,10,16H,1H2,(H,17,18)(H2,11,12,13);;1H3;;/q;+2;;2*-1/t4-,6-,7-,10-;;;;/m1..../s1. The first-order valence-corrected chi connectivity index (χ1v) is 7.88. The molecular formula is C10H17CaN5O6P2. The minimum absolute atomic E-state index is 0. The van der Waals surface area contributed by atoms with Crippen molar-refractivity contribution in [3.8, 4) is 0 Å². The predicted molar refractivity (Wildman–Crippen MR) is 89.4 cm³/mol. The average Bonchev–Trinajstić information content (AvgIpc) is 3.01. The molecule has 0 spiro atoms. The van der Waals surface area contributed by atoms with E-state index >= 15 is 0 Å². The van der Waals surface area contributed by atoms with E-state index in [9.17, 15) is 14.6 Å². The normalized spacial score (nSPS) is 35.1. The fourth-order valence-corrected chi connectivity index (χ4v) is 3.59. The maximum Gasteiger partial charge on any atom is 2.00 e. The Morgan fingerprint density at radius 2 is 2.17 bits per heavy atom. The van der Waals surface area contributed by atoms with Crippen molar-refractivity contribution in [2.45, 2.75) is 24.5 Å². The van der Waals surface area contributed by atoms with Gasteiger partial charge in [-0.05, 0) is 0 Å². The van der Waals surface area contributed by atoms with Gasteiger partial charge in [0.25, 0.3) is 0 Å². The third kappa shape index (κ3) is 3.35. The molecule has 130 valence electrons. The molecule has 2 aliphatic heterocycles. The molecule has 2 aromatic rings. The van der Waals surface area contributed by atoms with Gasteiger partial charge in [-0.15, -0.1) is 0 Å². The van der Waals surface area contributed by atoms with Gasteiger partial charge in [-0.3, -0.25) is 13.6 Å². The van der Waals surface area contributed by atoms with Crippen LogP contribution in [0.15, 0.2) is 12.7 Å². The minimum atomic E-state index is -4.16. The quantitative estimate of drug-likeness (QED) is 0.401. The van der Waals surface area contributed by atoms with Gasteiger partial charge in [0.2, 0.25) is 0 Å². The third-order valence-corrected chi connectivity index (χ3v) is 4.61. The molecule has 0 aliphatic carbocycles. The van der Waals surface area contributed by atoms with E-state index in [1.54, 1.807) is 0 Å². The number of hydrogen-bond donors (Lipinski definition) is 3. The summed E-state index contributed by atoms with van der Waals surface area (Å²) in [5.74, 6) is 0.202. The number of hydrogen-bond acceptors (Lipinski definition) is 9. The summed E-state index contributed by atoms with van der Waals surface area (Å²) >= 11 is 0. The molecule has 4 heterocycles. The molecule has 0 saturated carbocycles. The van der Waals surface area contributed by atoms with Crippen LogP contribution in [0.25, 0.3) is 11.2 Å². The summed E-state index contributed by atoms with van der Waals surface area (Å²) in [6, 6.07) is 0. The van der Waals surface area contributed by atoms with Gasteiger partial charge in [0, 0.05) is 0 Å². The Balaban J connectivity index is 0.00000156. The Labute approximate surface area is 172 Å². The average molecular weight is 405 g/mol. The molecule has 2 aromatic heterocycles. The minimum Gasteiger partial charge on any atom is -1.00 e. The van der Waals surface area contributed by atoms with Gasteiger partial charge in [0.1, 0.15) is 30.2 Å². The van der Waals surface area contributed by atoms with Crippen LogP contribution in [0.3, 0.4) is 0 Å². The Morgan fingerprint density at radius 1 is 1.42 bits per heavy atom. The number of aliphatic hydroxyl groups is 1. The summed E-state index contributed by atoms with van der Waals surface area (Å²) < 4.78 is 28.2. The molecule has 2 unspecified atom stereocenters. The second-order valence-corrected chi connectivity index (χ2v) is 6.38. The SMILES string of the molecule is Nc1ncnc2c1ncn2[C@@H]1O[C@@H]2COP(=O)(O)O[C@H]2[C@H]1O.P.[Ca+2].[H-].[H-]. The van der Waals surface area contributed by atoms with E-state index < -0.39 is 32.4 Å². The molecule has 4 rings (SSSR count). The van der Waals surface area contributed by atoms with Gasteiger partial charge < -0.3 is 23.3 Å². The van der Waals surface area contributed by atoms with Crippen LogP contribution >= 0.6 is 17.7 Å². The zero-order valence-corrected chi connectivity index (χ0v) is 16.9. The van der Waals surface area contributed by atoms with E-state index in [1.165, 1.54) is 17.2 Å². The van der Waals surface area contributed by atoms with Gasteiger partial charge in [-0.2, -0.15) is 9.90 Å². The topological polar surface area (TPSA) is 155 Å². The van der Waals surface area contributed by atoms with Crippen molar-refractivity contribution < 1.29 is 31.2 Å². The summed E-state index contributed by atoms with van der Waals surface area (Å²) in [6.45, 7) is -0.157. The van der Waals surface area contributed by atoms with Crippen LogP contribution in [-0.4, -0.2) is 92.2 Å². The van der Waals surface area contributed by atoms with E-state index in [2.05, 4.69) is 19.5 Å². The van der Waals surface area contributed by atoms with Crippen LogP contribution in [0, 0.1) is 0 Å². The van der Waals surface area contributed by atoms with Gasteiger partial charge in [0.05, 0.1) is 12.9 Å². The van der Waals surface area contributed by atoms with Crippen molar-refractivity contribution in [1.82, 2.24) is 19.5 Å². The molecule has 2 aliphatic rings. The molecule has 6 atom stereocenters. The van der Waals surface area contributed by atoms with Crippen LogP contribution in [0.5, 0.6) is 0 Å². The van der Waals surface area contributed by atoms with Crippen molar-refractivity contribution in [1.29, 1.82) is 0 Å². The first-order valence-electron chi connectivity index (χ1n) is 6.38. The number of rotatable bonds is 1. The fourth-order valence-electron chi connectivity index (χ4n) is 2.62. The largest absolute Gasteiger partial charge is 2.00 e. The maximum absolute atomic E-state index is 11.5. The molecule has 0 aromatic carbocycles. The molecule has 2 fully saturated rings. The number of nitrogens with zero attached hydrogens (tertiary/aromatic N) is 4.